The predicted molar refractivity (Wildman–Crippen MR) is 79.5 cm³/mol. The summed E-state index contributed by atoms with van der Waals surface area (Å²) in [4.78, 5) is 34.8. The molecular formula is C14H16N2O4S. The lowest BCUT2D eigenvalue weighted by Crippen LogP contribution is -2.17. The Labute approximate surface area is 125 Å². The van der Waals surface area contributed by atoms with Crippen molar-refractivity contribution in [2.45, 2.75) is 32.1 Å². The molecule has 0 saturated heterocycles. The topological polar surface area (TPSA) is 109 Å². The van der Waals surface area contributed by atoms with Crippen LogP contribution in [-0.4, -0.2) is 22.9 Å². The number of primary amides is 1. The minimum absolute atomic E-state index is 0.369. The number of nitrogens with two attached hydrogens (primary N) is 1. The van der Waals surface area contributed by atoms with Crippen molar-refractivity contribution in [1.29, 1.82) is 0 Å². The summed E-state index contributed by atoms with van der Waals surface area (Å²) in [7, 11) is 0. The number of aliphatic carboxylic acids is 1. The van der Waals surface area contributed by atoms with Crippen LogP contribution in [0.25, 0.3) is 0 Å². The van der Waals surface area contributed by atoms with Crippen LogP contribution in [0.2, 0.25) is 0 Å². The van der Waals surface area contributed by atoms with Gasteiger partial charge < -0.3 is 16.2 Å². The molecule has 1 aromatic rings. The van der Waals surface area contributed by atoms with Crippen molar-refractivity contribution in [3.05, 3.63) is 28.2 Å². The monoisotopic (exact) mass is 308 g/mol. The first-order valence-corrected chi connectivity index (χ1v) is 7.47. The molecule has 0 aromatic carbocycles. The summed E-state index contributed by atoms with van der Waals surface area (Å²) in [5, 5.41) is 11.5. The molecule has 0 spiro atoms. The zero-order valence-corrected chi connectivity index (χ0v) is 12.2. The highest BCUT2D eigenvalue weighted by molar-refractivity contribution is 7.17. The fourth-order valence-corrected chi connectivity index (χ4v) is 3.69. The summed E-state index contributed by atoms with van der Waals surface area (Å²) in [6.45, 7) is 0. The number of carboxylic acids is 1. The highest BCUT2D eigenvalue weighted by Crippen LogP contribution is 2.37. The maximum absolute atomic E-state index is 11.7. The van der Waals surface area contributed by atoms with Crippen LogP contribution in [-0.2, 0) is 22.4 Å². The first-order valence-electron chi connectivity index (χ1n) is 6.65. The lowest BCUT2D eigenvalue weighted by molar-refractivity contribution is -0.131. The van der Waals surface area contributed by atoms with Gasteiger partial charge >= 0.3 is 5.97 Å². The van der Waals surface area contributed by atoms with Crippen LogP contribution in [0, 0.1) is 0 Å². The Morgan fingerprint density at radius 2 is 1.86 bits per heavy atom. The van der Waals surface area contributed by atoms with Crippen molar-refractivity contribution >= 4 is 34.1 Å². The fourth-order valence-electron chi connectivity index (χ4n) is 2.39. The van der Waals surface area contributed by atoms with E-state index < -0.39 is 17.8 Å². The summed E-state index contributed by atoms with van der Waals surface area (Å²) in [5.74, 6) is -2.36. The predicted octanol–water partition coefficient (Wildman–Crippen LogP) is 1.70. The van der Waals surface area contributed by atoms with Crippen LogP contribution < -0.4 is 11.1 Å². The lowest BCUT2D eigenvalue weighted by atomic mass is 10.1. The van der Waals surface area contributed by atoms with Gasteiger partial charge in [-0.05, 0) is 31.2 Å². The molecule has 0 aliphatic heterocycles. The Bertz CT molecular complexity index is 619. The van der Waals surface area contributed by atoms with Gasteiger partial charge in [0.05, 0.1) is 5.56 Å². The fraction of sp³-hybridized carbons (Fsp3) is 0.357. The number of carbonyl (C=O) groups is 3. The molecule has 0 unspecified atom stereocenters. The first kappa shape index (κ1) is 15.2. The Kier molecular flexibility index (Phi) is 4.74. The number of thiophene rings is 1. The van der Waals surface area contributed by atoms with Crippen LogP contribution >= 0.6 is 11.3 Å². The minimum Gasteiger partial charge on any atom is -0.478 e. The summed E-state index contributed by atoms with van der Waals surface area (Å²) in [6, 6.07) is 0. The van der Waals surface area contributed by atoms with E-state index in [9.17, 15) is 14.4 Å². The summed E-state index contributed by atoms with van der Waals surface area (Å²) >= 11 is 1.35. The number of nitrogens with one attached hydrogen (secondary N) is 1. The number of aryl methyl sites for hydroxylation is 1. The second kappa shape index (κ2) is 6.53. The van der Waals surface area contributed by atoms with Gasteiger partial charge in [-0.3, -0.25) is 9.59 Å². The average Bonchev–Trinajstić information content (AvgIpc) is 2.58. The molecule has 1 aliphatic carbocycles. The molecule has 2 amide bonds. The molecule has 6 nitrogen and oxygen atoms in total. The maximum atomic E-state index is 11.7. The van der Waals surface area contributed by atoms with E-state index >= 15 is 0 Å². The standard InChI is InChI=1S/C14H16N2O4S/c15-13(20)12-8-4-2-1-3-5-9(8)21-14(12)16-10(17)6-7-11(18)19/h6-7H,1-5H2,(H2,15,20)(H,16,17)(H,18,19)/b7-6+. The molecule has 1 aliphatic rings. The van der Waals surface area contributed by atoms with E-state index in [1.165, 1.54) is 11.3 Å². The van der Waals surface area contributed by atoms with E-state index in [1.807, 2.05) is 0 Å². The normalized spacial score (nSPS) is 14.5. The molecule has 7 heteroatoms. The van der Waals surface area contributed by atoms with Crippen LogP contribution in [0.1, 0.15) is 40.1 Å². The van der Waals surface area contributed by atoms with Crippen LogP contribution in [0.4, 0.5) is 5.00 Å². The van der Waals surface area contributed by atoms with Crippen molar-refractivity contribution in [2.24, 2.45) is 5.73 Å². The highest BCUT2D eigenvalue weighted by Gasteiger charge is 2.23. The number of hydrogen-bond donors (Lipinski definition) is 3. The zero-order chi connectivity index (χ0) is 15.4. The quantitative estimate of drug-likeness (QED) is 0.581. The van der Waals surface area contributed by atoms with E-state index in [0.717, 1.165) is 54.7 Å². The lowest BCUT2D eigenvalue weighted by Gasteiger charge is -2.04. The molecule has 0 atom stereocenters. The first-order chi connectivity index (χ1) is 9.99. The third-order valence-corrected chi connectivity index (χ3v) is 4.49. The third-order valence-electron chi connectivity index (χ3n) is 3.28. The molecule has 1 heterocycles. The molecule has 2 rings (SSSR count). The summed E-state index contributed by atoms with van der Waals surface area (Å²) < 4.78 is 0. The Morgan fingerprint density at radius 1 is 1.14 bits per heavy atom. The summed E-state index contributed by atoms with van der Waals surface area (Å²) in [6.07, 6.45) is 6.49. The zero-order valence-electron chi connectivity index (χ0n) is 11.3. The number of carboxylic acid groups (broad SMARTS) is 1. The Hall–Kier alpha value is -2.15. The Morgan fingerprint density at radius 3 is 2.52 bits per heavy atom. The van der Waals surface area contributed by atoms with Gasteiger partial charge in [-0.1, -0.05) is 6.42 Å². The Balaban J connectivity index is 2.29. The van der Waals surface area contributed by atoms with E-state index in [1.54, 1.807) is 0 Å². The van der Waals surface area contributed by atoms with Gasteiger partial charge in [0.1, 0.15) is 5.00 Å². The van der Waals surface area contributed by atoms with Gasteiger partial charge in [0.2, 0.25) is 5.91 Å². The third kappa shape index (κ3) is 3.69. The SMILES string of the molecule is NC(=O)c1c(NC(=O)/C=C/C(=O)O)sc2c1CCCCC2. The molecule has 112 valence electrons. The molecule has 0 bridgehead atoms. The van der Waals surface area contributed by atoms with Crippen LogP contribution in [0.5, 0.6) is 0 Å². The second-order valence-corrected chi connectivity index (χ2v) is 5.90. The van der Waals surface area contributed by atoms with Crippen molar-refractivity contribution in [3.63, 3.8) is 0 Å². The van der Waals surface area contributed by atoms with Gasteiger partial charge in [0, 0.05) is 17.0 Å². The molecular weight excluding hydrogens is 292 g/mol. The van der Waals surface area contributed by atoms with E-state index in [-0.39, 0.29) is 0 Å². The van der Waals surface area contributed by atoms with Gasteiger partial charge in [-0.25, -0.2) is 4.79 Å². The number of hydrogen-bond acceptors (Lipinski definition) is 4. The van der Waals surface area contributed by atoms with Crippen molar-refractivity contribution in [1.82, 2.24) is 0 Å². The van der Waals surface area contributed by atoms with Crippen molar-refractivity contribution in [2.75, 3.05) is 5.32 Å². The molecule has 0 radical (unpaired) electrons. The number of rotatable bonds is 4. The van der Waals surface area contributed by atoms with Crippen molar-refractivity contribution in [3.8, 4) is 0 Å². The van der Waals surface area contributed by atoms with Gasteiger partial charge in [-0.2, -0.15) is 0 Å². The van der Waals surface area contributed by atoms with Crippen LogP contribution in [0.15, 0.2) is 12.2 Å². The second-order valence-electron chi connectivity index (χ2n) is 4.79. The number of fused-ring (bicyclic) bond motifs is 1. The highest BCUT2D eigenvalue weighted by atomic mass is 32.1. The molecule has 0 saturated carbocycles. The van der Waals surface area contributed by atoms with Crippen LogP contribution in [0.3, 0.4) is 0 Å². The smallest absolute Gasteiger partial charge is 0.328 e. The van der Waals surface area contributed by atoms with Crippen molar-refractivity contribution < 1.29 is 19.5 Å². The molecule has 4 N–H and O–H groups in total. The molecule has 21 heavy (non-hydrogen) atoms. The molecule has 0 fully saturated rings. The number of carbonyl (C=O) groups excluding carboxylic acids is 2. The number of anilines is 1. The van der Waals surface area contributed by atoms with E-state index in [4.69, 9.17) is 10.8 Å². The average molecular weight is 308 g/mol. The largest absolute Gasteiger partial charge is 0.478 e. The number of amides is 2. The minimum atomic E-state index is -1.21. The van der Waals surface area contributed by atoms with E-state index in [2.05, 4.69) is 5.32 Å². The van der Waals surface area contributed by atoms with Gasteiger partial charge in [0.15, 0.2) is 0 Å². The molecule has 1 aromatic heterocycles. The van der Waals surface area contributed by atoms with Gasteiger partial charge in [0.25, 0.3) is 5.91 Å². The van der Waals surface area contributed by atoms with Gasteiger partial charge in [-0.15, -0.1) is 11.3 Å². The summed E-state index contributed by atoms with van der Waals surface area (Å²) in [5.41, 5.74) is 6.74. The van der Waals surface area contributed by atoms with E-state index in [0.29, 0.717) is 10.6 Å². The maximum Gasteiger partial charge on any atom is 0.328 e.